The number of halogens is 3. The molecule has 2 nitrogen and oxygen atoms in total. The molecule has 0 amide bonds. The average molecular weight is 224 g/mol. The highest BCUT2D eigenvalue weighted by Gasteiger charge is 2.39. The van der Waals surface area contributed by atoms with Crippen molar-refractivity contribution in [3.8, 4) is 6.07 Å². The van der Waals surface area contributed by atoms with Crippen molar-refractivity contribution in [3.63, 3.8) is 0 Å². The standard InChI is InChI=1S/C8H11F3N2S/c9-8(10,11)6(3-12)4-13-7-1-2-14-5-7/h6-7,13H,1-2,4-5H2. The Bertz CT molecular complexity index is 218. The molecule has 14 heavy (non-hydrogen) atoms. The molecule has 0 saturated carbocycles. The Balaban J connectivity index is 2.31. The van der Waals surface area contributed by atoms with E-state index in [1.165, 1.54) is 6.07 Å². The minimum atomic E-state index is -4.41. The molecule has 2 unspecified atom stereocenters. The summed E-state index contributed by atoms with van der Waals surface area (Å²) >= 11 is 1.72. The summed E-state index contributed by atoms with van der Waals surface area (Å²) in [6, 6.07) is 1.41. The molecule has 1 aliphatic heterocycles. The van der Waals surface area contributed by atoms with Gasteiger partial charge in [-0.25, -0.2) is 0 Å². The van der Waals surface area contributed by atoms with Gasteiger partial charge in [-0.1, -0.05) is 0 Å². The first kappa shape index (κ1) is 11.7. The fraction of sp³-hybridized carbons (Fsp3) is 0.875. The Kier molecular flexibility index (Phi) is 4.08. The van der Waals surface area contributed by atoms with E-state index in [2.05, 4.69) is 5.32 Å². The van der Waals surface area contributed by atoms with Gasteiger partial charge < -0.3 is 5.32 Å². The zero-order valence-electron chi connectivity index (χ0n) is 7.47. The van der Waals surface area contributed by atoms with Crippen LogP contribution in [0, 0.1) is 17.2 Å². The molecule has 0 aromatic heterocycles. The normalized spacial score (nSPS) is 24.6. The van der Waals surface area contributed by atoms with E-state index in [0.717, 1.165) is 17.9 Å². The third-order valence-electron chi connectivity index (χ3n) is 2.09. The van der Waals surface area contributed by atoms with Crippen molar-refractivity contribution < 1.29 is 13.2 Å². The Morgan fingerprint density at radius 3 is 2.71 bits per heavy atom. The van der Waals surface area contributed by atoms with Crippen molar-refractivity contribution >= 4 is 11.8 Å². The summed E-state index contributed by atoms with van der Waals surface area (Å²) < 4.78 is 36.4. The second-order valence-corrected chi connectivity index (χ2v) is 4.34. The molecule has 0 spiro atoms. The maximum atomic E-state index is 12.1. The molecule has 1 rings (SSSR count). The van der Waals surface area contributed by atoms with Crippen LogP contribution in [0.4, 0.5) is 13.2 Å². The highest BCUT2D eigenvalue weighted by molar-refractivity contribution is 7.99. The fourth-order valence-electron chi connectivity index (χ4n) is 1.21. The van der Waals surface area contributed by atoms with Crippen molar-refractivity contribution in [2.24, 2.45) is 5.92 Å². The van der Waals surface area contributed by atoms with Crippen LogP contribution in [-0.2, 0) is 0 Å². The van der Waals surface area contributed by atoms with E-state index >= 15 is 0 Å². The Morgan fingerprint density at radius 1 is 1.57 bits per heavy atom. The molecule has 2 atom stereocenters. The molecule has 1 N–H and O–H groups in total. The summed E-state index contributed by atoms with van der Waals surface area (Å²) in [6.07, 6.45) is -3.52. The molecule has 0 aromatic carbocycles. The highest BCUT2D eigenvalue weighted by Crippen LogP contribution is 2.25. The highest BCUT2D eigenvalue weighted by atomic mass is 32.2. The number of alkyl halides is 3. The molecular weight excluding hydrogens is 213 g/mol. The molecular formula is C8H11F3N2S. The van der Waals surface area contributed by atoms with Crippen LogP contribution in [0.5, 0.6) is 0 Å². The van der Waals surface area contributed by atoms with Crippen LogP contribution in [0.2, 0.25) is 0 Å². The first-order valence-corrected chi connectivity index (χ1v) is 5.47. The molecule has 6 heteroatoms. The lowest BCUT2D eigenvalue weighted by molar-refractivity contribution is -0.157. The first-order chi connectivity index (χ1) is 6.54. The predicted molar refractivity (Wildman–Crippen MR) is 48.9 cm³/mol. The van der Waals surface area contributed by atoms with Crippen LogP contribution >= 0.6 is 11.8 Å². The van der Waals surface area contributed by atoms with E-state index in [1.807, 2.05) is 0 Å². The Labute approximate surface area is 84.9 Å². The lowest BCUT2D eigenvalue weighted by atomic mass is 10.1. The number of rotatable bonds is 3. The molecule has 1 saturated heterocycles. The lowest BCUT2D eigenvalue weighted by Crippen LogP contribution is -2.38. The van der Waals surface area contributed by atoms with Crippen LogP contribution in [0.1, 0.15) is 6.42 Å². The van der Waals surface area contributed by atoms with Gasteiger partial charge in [-0.2, -0.15) is 30.2 Å². The van der Waals surface area contributed by atoms with Gasteiger partial charge in [0, 0.05) is 18.3 Å². The van der Waals surface area contributed by atoms with Gasteiger partial charge in [0.15, 0.2) is 5.92 Å². The van der Waals surface area contributed by atoms with Gasteiger partial charge in [-0.05, 0) is 12.2 Å². The van der Waals surface area contributed by atoms with Crippen LogP contribution in [0.15, 0.2) is 0 Å². The van der Waals surface area contributed by atoms with Crippen molar-refractivity contribution in [3.05, 3.63) is 0 Å². The topological polar surface area (TPSA) is 35.8 Å². The monoisotopic (exact) mass is 224 g/mol. The third kappa shape index (κ3) is 3.39. The second-order valence-electron chi connectivity index (χ2n) is 3.19. The molecule has 0 aliphatic carbocycles. The van der Waals surface area contributed by atoms with Crippen LogP contribution in [0.3, 0.4) is 0 Å². The summed E-state index contributed by atoms with van der Waals surface area (Å²) in [7, 11) is 0. The molecule has 0 radical (unpaired) electrons. The smallest absolute Gasteiger partial charge is 0.311 e. The first-order valence-electron chi connectivity index (χ1n) is 4.31. The van der Waals surface area contributed by atoms with E-state index in [4.69, 9.17) is 5.26 Å². The predicted octanol–water partition coefficient (Wildman–Crippen LogP) is 1.78. The minimum absolute atomic E-state index is 0.137. The lowest BCUT2D eigenvalue weighted by Gasteiger charge is -2.16. The van der Waals surface area contributed by atoms with Crippen molar-refractivity contribution in [1.29, 1.82) is 5.26 Å². The van der Waals surface area contributed by atoms with Gasteiger partial charge in [-0.15, -0.1) is 0 Å². The third-order valence-corrected chi connectivity index (χ3v) is 3.25. The van der Waals surface area contributed by atoms with E-state index in [-0.39, 0.29) is 12.6 Å². The van der Waals surface area contributed by atoms with Crippen molar-refractivity contribution in [1.82, 2.24) is 5.32 Å². The average Bonchev–Trinajstić information content (AvgIpc) is 2.55. The SMILES string of the molecule is N#CC(CNC1CCSC1)C(F)(F)F. The van der Waals surface area contributed by atoms with E-state index in [1.54, 1.807) is 11.8 Å². The minimum Gasteiger partial charge on any atom is -0.311 e. The van der Waals surface area contributed by atoms with Crippen LogP contribution in [-0.4, -0.2) is 30.3 Å². The van der Waals surface area contributed by atoms with Crippen LogP contribution in [0.25, 0.3) is 0 Å². The maximum Gasteiger partial charge on any atom is 0.405 e. The summed E-state index contributed by atoms with van der Waals surface area (Å²) in [5, 5.41) is 11.1. The van der Waals surface area contributed by atoms with Gasteiger partial charge in [0.25, 0.3) is 0 Å². The zero-order chi connectivity index (χ0) is 10.6. The quantitative estimate of drug-likeness (QED) is 0.793. The summed E-state index contributed by atoms with van der Waals surface area (Å²) in [5.41, 5.74) is 0. The molecule has 1 heterocycles. The Hall–Kier alpha value is -0.410. The van der Waals surface area contributed by atoms with E-state index < -0.39 is 12.1 Å². The summed E-state index contributed by atoms with van der Waals surface area (Å²) in [6.45, 7) is -0.286. The number of hydrogen-bond acceptors (Lipinski definition) is 3. The molecule has 0 aromatic rings. The molecule has 80 valence electrons. The number of nitriles is 1. The van der Waals surface area contributed by atoms with Crippen molar-refractivity contribution in [2.45, 2.75) is 18.6 Å². The largest absolute Gasteiger partial charge is 0.405 e. The molecule has 0 bridgehead atoms. The second kappa shape index (κ2) is 4.89. The summed E-state index contributed by atoms with van der Waals surface area (Å²) in [5.74, 6) is -0.0511. The van der Waals surface area contributed by atoms with Gasteiger partial charge in [-0.3, -0.25) is 0 Å². The van der Waals surface area contributed by atoms with Crippen LogP contribution < -0.4 is 5.32 Å². The van der Waals surface area contributed by atoms with E-state index in [9.17, 15) is 13.2 Å². The Morgan fingerprint density at radius 2 is 2.29 bits per heavy atom. The van der Waals surface area contributed by atoms with E-state index in [0.29, 0.717) is 0 Å². The number of nitrogens with zero attached hydrogens (tertiary/aromatic N) is 1. The fourth-order valence-corrected chi connectivity index (χ4v) is 2.40. The number of hydrogen-bond donors (Lipinski definition) is 1. The van der Waals surface area contributed by atoms with Gasteiger partial charge >= 0.3 is 6.18 Å². The zero-order valence-corrected chi connectivity index (χ0v) is 8.29. The molecule has 1 fully saturated rings. The van der Waals surface area contributed by atoms with Gasteiger partial charge in [0.2, 0.25) is 0 Å². The molecule has 1 aliphatic rings. The van der Waals surface area contributed by atoms with Crippen molar-refractivity contribution in [2.75, 3.05) is 18.1 Å². The maximum absolute atomic E-state index is 12.1. The van der Waals surface area contributed by atoms with Gasteiger partial charge in [0.05, 0.1) is 6.07 Å². The summed E-state index contributed by atoms with van der Waals surface area (Å²) in [4.78, 5) is 0. The van der Waals surface area contributed by atoms with Gasteiger partial charge in [0.1, 0.15) is 0 Å². The number of thioether (sulfide) groups is 1. The number of nitrogens with one attached hydrogen (secondary N) is 1.